The first-order chi connectivity index (χ1) is 9.02. The Morgan fingerprint density at radius 3 is 2.79 bits per heavy atom. The first-order valence-corrected chi connectivity index (χ1v) is 8.00. The van der Waals surface area contributed by atoms with Crippen LogP contribution in [0.1, 0.15) is 35.3 Å². The summed E-state index contributed by atoms with van der Waals surface area (Å²) in [6.07, 6.45) is 1.46. The number of hydrogen-bond acceptors (Lipinski definition) is 7. The van der Waals surface area contributed by atoms with Gasteiger partial charge in [0.05, 0.1) is 12.4 Å². The summed E-state index contributed by atoms with van der Waals surface area (Å²) in [7, 11) is 1.31. The molecule has 19 heavy (non-hydrogen) atoms. The highest BCUT2D eigenvalue weighted by molar-refractivity contribution is 8.07. The van der Waals surface area contributed by atoms with Crippen LogP contribution < -0.4 is 5.73 Å². The number of ether oxygens (including phenoxy) is 1. The van der Waals surface area contributed by atoms with E-state index in [0.717, 1.165) is 5.75 Å². The number of thioether (sulfide) groups is 2. The van der Waals surface area contributed by atoms with Gasteiger partial charge in [0.2, 0.25) is 0 Å². The minimum absolute atomic E-state index is 0.189. The van der Waals surface area contributed by atoms with Crippen LogP contribution in [0, 0.1) is 0 Å². The quantitative estimate of drug-likeness (QED) is 0.838. The number of anilines is 1. The number of carbonyl (C=O) groups is 1. The van der Waals surface area contributed by atoms with Crippen LogP contribution in [0.3, 0.4) is 0 Å². The van der Waals surface area contributed by atoms with Crippen LogP contribution in [-0.2, 0) is 4.74 Å². The maximum atomic E-state index is 11.4. The Hall–Kier alpha value is -0.950. The lowest BCUT2D eigenvalue weighted by atomic mass is 10.3. The Morgan fingerprint density at radius 1 is 1.47 bits per heavy atom. The van der Waals surface area contributed by atoms with Gasteiger partial charge in [-0.3, -0.25) is 0 Å². The van der Waals surface area contributed by atoms with Gasteiger partial charge < -0.3 is 10.5 Å². The van der Waals surface area contributed by atoms with Gasteiger partial charge in [0.1, 0.15) is 17.2 Å². The fourth-order valence-electron chi connectivity index (χ4n) is 1.75. The normalized spacial score (nSPS) is 27.0. The van der Waals surface area contributed by atoms with Crippen molar-refractivity contribution in [2.45, 2.75) is 29.6 Å². The number of methoxy groups -OCH3 is 1. The van der Waals surface area contributed by atoms with E-state index >= 15 is 0 Å². The summed E-state index contributed by atoms with van der Waals surface area (Å²) in [5, 5.41) is 1.41. The number of hydrogen-bond donors (Lipinski definition) is 1. The molecule has 104 valence electrons. The summed E-state index contributed by atoms with van der Waals surface area (Å²) in [6, 6.07) is 0. The molecule has 0 amide bonds. The van der Waals surface area contributed by atoms with Gasteiger partial charge in [0, 0.05) is 22.4 Å². The molecule has 0 aromatic carbocycles. The van der Waals surface area contributed by atoms with E-state index in [0.29, 0.717) is 16.3 Å². The van der Waals surface area contributed by atoms with E-state index < -0.39 is 5.97 Å². The Balaban J connectivity index is 2.18. The topological polar surface area (TPSA) is 78.1 Å². The van der Waals surface area contributed by atoms with E-state index in [1.165, 1.54) is 13.3 Å². The molecule has 3 atom stereocenters. The summed E-state index contributed by atoms with van der Waals surface area (Å²) in [6.45, 7) is 4.44. The molecule has 1 fully saturated rings. The largest absolute Gasteiger partial charge is 0.465 e. The molecule has 1 aliphatic heterocycles. The fourth-order valence-corrected chi connectivity index (χ4v) is 4.60. The van der Waals surface area contributed by atoms with Crippen LogP contribution in [-0.4, -0.2) is 39.3 Å². The van der Waals surface area contributed by atoms with E-state index in [2.05, 4.69) is 28.6 Å². The van der Waals surface area contributed by atoms with Crippen molar-refractivity contribution in [1.29, 1.82) is 0 Å². The average Bonchev–Trinajstić information content (AvgIpc) is 2.41. The molecule has 0 spiro atoms. The van der Waals surface area contributed by atoms with Crippen LogP contribution in [0.25, 0.3) is 0 Å². The van der Waals surface area contributed by atoms with Gasteiger partial charge in [-0.25, -0.2) is 14.8 Å². The molecule has 2 heterocycles. The first-order valence-electron chi connectivity index (χ1n) is 6.00. The molecule has 1 aromatic rings. The predicted octanol–water partition coefficient (Wildman–Crippen LogP) is 2.14. The Bertz CT molecular complexity index is 484. The Labute approximate surface area is 121 Å². The van der Waals surface area contributed by atoms with Gasteiger partial charge in [0.25, 0.3) is 0 Å². The van der Waals surface area contributed by atoms with Crippen molar-refractivity contribution in [2.75, 3.05) is 18.6 Å². The lowest BCUT2D eigenvalue weighted by Gasteiger charge is -2.30. The maximum absolute atomic E-state index is 11.4. The number of nitrogen functional groups attached to an aromatic ring is 1. The Kier molecular flexibility index (Phi) is 4.57. The summed E-state index contributed by atoms with van der Waals surface area (Å²) in [5.74, 6) is 1.35. The van der Waals surface area contributed by atoms with E-state index in [1.807, 2.05) is 23.5 Å². The number of carbonyl (C=O) groups excluding carboxylic acids is 1. The predicted molar refractivity (Wildman–Crippen MR) is 79.5 cm³/mol. The highest BCUT2D eigenvalue weighted by Crippen LogP contribution is 2.43. The van der Waals surface area contributed by atoms with Crippen LogP contribution in [0.4, 0.5) is 5.82 Å². The van der Waals surface area contributed by atoms with Crippen molar-refractivity contribution in [3.63, 3.8) is 0 Å². The lowest BCUT2D eigenvalue weighted by molar-refractivity contribution is 0.0601. The lowest BCUT2D eigenvalue weighted by Crippen LogP contribution is -2.23. The van der Waals surface area contributed by atoms with Crippen molar-refractivity contribution in [1.82, 2.24) is 9.97 Å². The van der Waals surface area contributed by atoms with Crippen LogP contribution in [0.2, 0.25) is 0 Å². The van der Waals surface area contributed by atoms with Gasteiger partial charge >= 0.3 is 5.97 Å². The molecule has 5 nitrogen and oxygen atoms in total. The van der Waals surface area contributed by atoms with Crippen molar-refractivity contribution < 1.29 is 9.53 Å². The van der Waals surface area contributed by atoms with E-state index in [-0.39, 0.29) is 16.6 Å². The molecule has 2 rings (SSSR count). The van der Waals surface area contributed by atoms with Gasteiger partial charge in [0.15, 0.2) is 0 Å². The first kappa shape index (κ1) is 14.5. The number of aromatic nitrogens is 2. The average molecular weight is 299 g/mol. The molecular formula is C12H17N3O2S2. The van der Waals surface area contributed by atoms with Crippen molar-refractivity contribution in [3.8, 4) is 0 Å². The second-order valence-corrected chi connectivity index (χ2v) is 7.38. The van der Waals surface area contributed by atoms with Gasteiger partial charge in [-0.05, 0) is 0 Å². The van der Waals surface area contributed by atoms with Gasteiger partial charge in [-0.1, -0.05) is 13.8 Å². The summed E-state index contributed by atoms with van der Waals surface area (Å²) in [5.41, 5.74) is 6.02. The third-order valence-corrected chi connectivity index (χ3v) is 6.47. The highest BCUT2D eigenvalue weighted by atomic mass is 32.2. The van der Waals surface area contributed by atoms with Crippen molar-refractivity contribution in [2.24, 2.45) is 0 Å². The number of nitrogens with zero attached hydrogens (tertiary/aromatic N) is 2. The molecule has 1 aliphatic rings. The third-order valence-electron chi connectivity index (χ3n) is 3.08. The monoisotopic (exact) mass is 299 g/mol. The standard InChI is InChI=1S/C12H17N3O2S2/c1-6-7(2)19-9(5-18-6)11-14-4-8(10(13)15-11)12(16)17-3/h4,6-7,9H,5H2,1-3H3,(H2,13,14,15). The zero-order chi connectivity index (χ0) is 14.0. The molecule has 1 saturated heterocycles. The second kappa shape index (κ2) is 6.00. The Morgan fingerprint density at radius 2 is 2.21 bits per heavy atom. The van der Waals surface area contributed by atoms with E-state index in [4.69, 9.17) is 5.73 Å². The molecular weight excluding hydrogens is 282 g/mol. The molecule has 7 heteroatoms. The second-order valence-electron chi connectivity index (χ2n) is 4.39. The minimum atomic E-state index is -0.503. The van der Waals surface area contributed by atoms with Gasteiger partial charge in [-0.2, -0.15) is 11.8 Å². The highest BCUT2D eigenvalue weighted by Gasteiger charge is 2.29. The summed E-state index contributed by atoms with van der Waals surface area (Å²) in [4.78, 5) is 19.9. The number of esters is 1. The smallest absolute Gasteiger partial charge is 0.343 e. The van der Waals surface area contributed by atoms with Crippen LogP contribution in [0.15, 0.2) is 6.20 Å². The van der Waals surface area contributed by atoms with Crippen LogP contribution in [0.5, 0.6) is 0 Å². The molecule has 3 unspecified atom stereocenters. The molecule has 0 bridgehead atoms. The zero-order valence-electron chi connectivity index (χ0n) is 11.1. The van der Waals surface area contributed by atoms with E-state index in [9.17, 15) is 4.79 Å². The van der Waals surface area contributed by atoms with Crippen LogP contribution >= 0.6 is 23.5 Å². The molecule has 0 radical (unpaired) electrons. The fraction of sp³-hybridized carbons (Fsp3) is 0.583. The summed E-state index contributed by atoms with van der Waals surface area (Å²) >= 11 is 3.78. The molecule has 2 N–H and O–H groups in total. The van der Waals surface area contributed by atoms with Crippen molar-refractivity contribution >= 4 is 35.3 Å². The third kappa shape index (κ3) is 3.14. The molecule has 0 saturated carbocycles. The SMILES string of the molecule is COC(=O)c1cnc(C2CSC(C)C(C)S2)nc1N. The number of rotatable bonds is 2. The zero-order valence-corrected chi connectivity index (χ0v) is 12.8. The number of nitrogens with two attached hydrogens (primary N) is 1. The molecule has 0 aliphatic carbocycles. The van der Waals surface area contributed by atoms with Crippen molar-refractivity contribution in [3.05, 3.63) is 17.6 Å². The summed E-state index contributed by atoms with van der Waals surface area (Å²) < 4.78 is 4.63. The molecule has 1 aromatic heterocycles. The maximum Gasteiger partial charge on any atom is 0.343 e. The van der Waals surface area contributed by atoms with Gasteiger partial charge in [-0.15, -0.1) is 11.8 Å². The van der Waals surface area contributed by atoms with E-state index in [1.54, 1.807) is 0 Å². The minimum Gasteiger partial charge on any atom is -0.465 e.